The third kappa shape index (κ3) is 3.53. The first-order chi connectivity index (χ1) is 13.7. The molecule has 28 heavy (non-hydrogen) atoms. The van der Waals surface area contributed by atoms with Crippen molar-refractivity contribution in [3.8, 4) is 11.3 Å². The molecule has 1 atom stereocenters. The van der Waals surface area contributed by atoms with Crippen molar-refractivity contribution in [2.75, 3.05) is 5.32 Å². The summed E-state index contributed by atoms with van der Waals surface area (Å²) in [5, 5.41) is 7.52. The minimum Gasteiger partial charge on any atom is -0.363 e. The average molecular weight is 382 g/mol. The van der Waals surface area contributed by atoms with Crippen LogP contribution in [0.25, 0.3) is 16.9 Å². The molecule has 0 aliphatic heterocycles. The van der Waals surface area contributed by atoms with Gasteiger partial charge in [-0.2, -0.15) is 5.10 Å². The molecule has 144 valence electrons. The van der Waals surface area contributed by atoms with Crippen molar-refractivity contribution in [1.82, 2.24) is 24.6 Å². The zero-order chi connectivity index (χ0) is 19.5. The molecule has 1 N–H and O–H groups in total. The molecule has 0 saturated carbocycles. The molecule has 0 aliphatic carbocycles. The fourth-order valence-corrected chi connectivity index (χ4v) is 3.15. The summed E-state index contributed by atoms with van der Waals surface area (Å²) in [6, 6.07) is 6.86. The lowest BCUT2D eigenvalue weighted by atomic mass is 10.0. The zero-order valence-electron chi connectivity index (χ0n) is 15.2. The molecule has 0 spiro atoms. The standard InChI is InChI=1S/C20H18F2N6.H2/c1-2-4-17(14-6-5-13(21)9-16(14)22)27-19-10-18(24-12-25-19)15-11-26-28-8-3-7-23-20(15)28;/h3,5-12,17H,2,4H2,1H3,(H,24,25,27);1H/t17-;/m1./s1. The second-order valence-corrected chi connectivity index (χ2v) is 6.39. The molecule has 0 amide bonds. The monoisotopic (exact) mass is 382 g/mol. The van der Waals surface area contributed by atoms with Crippen LogP contribution < -0.4 is 5.32 Å². The maximum atomic E-state index is 14.3. The number of rotatable bonds is 6. The van der Waals surface area contributed by atoms with Crippen LogP contribution in [0.3, 0.4) is 0 Å². The van der Waals surface area contributed by atoms with Gasteiger partial charge in [0.1, 0.15) is 23.8 Å². The largest absolute Gasteiger partial charge is 0.363 e. The van der Waals surface area contributed by atoms with Gasteiger partial charge in [-0.25, -0.2) is 28.2 Å². The van der Waals surface area contributed by atoms with E-state index in [4.69, 9.17) is 0 Å². The molecule has 8 heteroatoms. The second kappa shape index (κ2) is 7.67. The fourth-order valence-electron chi connectivity index (χ4n) is 3.15. The summed E-state index contributed by atoms with van der Waals surface area (Å²) in [5.74, 6) is -0.629. The highest BCUT2D eigenvalue weighted by atomic mass is 19.1. The van der Waals surface area contributed by atoms with Gasteiger partial charge in [0.25, 0.3) is 0 Å². The Kier molecular flexibility index (Phi) is 4.92. The smallest absolute Gasteiger partial charge is 0.164 e. The van der Waals surface area contributed by atoms with Gasteiger partial charge >= 0.3 is 0 Å². The van der Waals surface area contributed by atoms with Crippen LogP contribution in [0.5, 0.6) is 0 Å². The molecular formula is C20H20F2N6. The van der Waals surface area contributed by atoms with Crippen LogP contribution in [0.1, 0.15) is 32.8 Å². The first-order valence-electron chi connectivity index (χ1n) is 8.98. The third-order valence-electron chi connectivity index (χ3n) is 4.46. The minimum atomic E-state index is -0.596. The summed E-state index contributed by atoms with van der Waals surface area (Å²) in [6.07, 6.45) is 8.12. The third-order valence-corrected chi connectivity index (χ3v) is 4.46. The van der Waals surface area contributed by atoms with E-state index >= 15 is 0 Å². The molecule has 0 fully saturated rings. The van der Waals surface area contributed by atoms with Gasteiger partial charge in [0.2, 0.25) is 0 Å². The van der Waals surface area contributed by atoms with Crippen molar-refractivity contribution in [2.45, 2.75) is 25.8 Å². The molecule has 6 nitrogen and oxygen atoms in total. The van der Waals surface area contributed by atoms with Crippen molar-refractivity contribution in [3.05, 3.63) is 72.4 Å². The van der Waals surface area contributed by atoms with Gasteiger partial charge in [-0.1, -0.05) is 19.4 Å². The number of hydrogen-bond donors (Lipinski definition) is 1. The Balaban J connectivity index is 0.00000240. The lowest BCUT2D eigenvalue weighted by molar-refractivity contribution is 0.551. The highest BCUT2D eigenvalue weighted by Crippen LogP contribution is 2.28. The number of fused-ring (bicyclic) bond motifs is 1. The summed E-state index contributed by atoms with van der Waals surface area (Å²) < 4.78 is 29.2. The molecule has 3 heterocycles. The molecule has 0 aliphatic rings. The van der Waals surface area contributed by atoms with Crippen LogP contribution in [0.2, 0.25) is 0 Å². The molecule has 1 aromatic carbocycles. The molecule has 4 rings (SSSR count). The normalized spacial score (nSPS) is 12.2. The van der Waals surface area contributed by atoms with E-state index in [1.165, 1.54) is 18.5 Å². The highest BCUT2D eigenvalue weighted by molar-refractivity contribution is 5.75. The quantitative estimate of drug-likeness (QED) is 0.525. The van der Waals surface area contributed by atoms with E-state index in [1.54, 1.807) is 35.2 Å². The molecular weight excluding hydrogens is 362 g/mol. The summed E-state index contributed by atoms with van der Waals surface area (Å²) in [6.45, 7) is 2.01. The van der Waals surface area contributed by atoms with Gasteiger partial charge in [0.15, 0.2) is 5.65 Å². The Morgan fingerprint density at radius 1 is 1.18 bits per heavy atom. The summed E-state index contributed by atoms with van der Waals surface area (Å²) >= 11 is 0. The Morgan fingerprint density at radius 3 is 2.89 bits per heavy atom. The van der Waals surface area contributed by atoms with E-state index < -0.39 is 11.6 Å². The van der Waals surface area contributed by atoms with Crippen molar-refractivity contribution in [3.63, 3.8) is 0 Å². The Hall–Kier alpha value is -3.42. The van der Waals surface area contributed by atoms with E-state index in [1.807, 2.05) is 6.92 Å². The van der Waals surface area contributed by atoms with Gasteiger partial charge < -0.3 is 5.32 Å². The number of nitrogens with zero attached hydrogens (tertiary/aromatic N) is 5. The van der Waals surface area contributed by atoms with Gasteiger partial charge in [0.05, 0.1) is 23.5 Å². The Morgan fingerprint density at radius 2 is 2.07 bits per heavy atom. The van der Waals surface area contributed by atoms with E-state index in [0.717, 1.165) is 18.1 Å². The van der Waals surface area contributed by atoms with E-state index in [0.29, 0.717) is 29.1 Å². The van der Waals surface area contributed by atoms with Crippen molar-refractivity contribution >= 4 is 11.5 Å². The first kappa shape index (κ1) is 18.0. The van der Waals surface area contributed by atoms with Crippen LogP contribution >= 0.6 is 0 Å². The van der Waals surface area contributed by atoms with Crippen LogP contribution in [0, 0.1) is 11.6 Å². The van der Waals surface area contributed by atoms with Crippen LogP contribution in [0.15, 0.2) is 55.2 Å². The van der Waals surface area contributed by atoms with E-state index in [2.05, 4.69) is 25.4 Å². The minimum absolute atomic E-state index is 0. The number of halogens is 2. The maximum Gasteiger partial charge on any atom is 0.164 e. The molecule has 0 bridgehead atoms. The van der Waals surface area contributed by atoms with Crippen molar-refractivity contribution in [1.29, 1.82) is 0 Å². The van der Waals surface area contributed by atoms with E-state index in [9.17, 15) is 8.78 Å². The van der Waals surface area contributed by atoms with E-state index in [-0.39, 0.29) is 7.47 Å². The maximum absolute atomic E-state index is 14.3. The molecule has 3 aromatic heterocycles. The number of nitrogens with one attached hydrogen (secondary N) is 1. The predicted octanol–water partition coefficient (Wildman–Crippen LogP) is 4.66. The molecule has 0 radical (unpaired) electrons. The lowest BCUT2D eigenvalue weighted by Crippen LogP contribution is -2.13. The summed E-state index contributed by atoms with van der Waals surface area (Å²) in [4.78, 5) is 12.9. The van der Waals surface area contributed by atoms with Gasteiger partial charge in [-0.3, -0.25) is 0 Å². The molecule has 0 saturated heterocycles. The van der Waals surface area contributed by atoms with Crippen molar-refractivity contribution in [2.24, 2.45) is 0 Å². The average Bonchev–Trinajstić information content (AvgIpc) is 3.12. The highest BCUT2D eigenvalue weighted by Gasteiger charge is 2.17. The molecule has 0 unspecified atom stereocenters. The van der Waals surface area contributed by atoms with Gasteiger partial charge in [-0.05, 0) is 18.6 Å². The first-order valence-corrected chi connectivity index (χ1v) is 8.98. The second-order valence-electron chi connectivity index (χ2n) is 6.39. The topological polar surface area (TPSA) is 68.0 Å². The number of aromatic nitrogens is 5. The Bertz CT molecular complexity index is 1120. The zero-order valence-corrected chi connectivity index (χ0v) is 15.2. The van der Waals surface area contributed by atoms with Crippen molar-refractivity contribution < 1.29 is 10.2 Å². The number of benzene rings is 1. The van der Waals surface area contributed by atoms with Crippen LogP contribution in [0.4, 0.5) is 14.6 Å². The predicted molar refractivity (Wildman–Crippen MR) is 104 cm³/mol. The van der Waals surface area contributed by atoms with Gasteiger partial charge in [0, 0.05) is 31.5 Å². The van der Waals surface area contributed by atoms with Crippen LogP contribution in [-0.2, 0) is 0 Å². The SMILES string of the molecule is CCC[C@@H](Nc1cc(-c2cnn3cccnc23)ncn1)c1ccc(F)cc1F.[HH]. The Labute approximate surface area is 161 Å². The summed E-state index contributed by atoms with van der Waals surface area (Å²) in [7, 11) is 0. The molecule has 4 aromatic rings. The fraction of sp³-hybridized carbons (Fsp3) is 0.200. The lowest BCUT2D eigenvalue weighted by Gasteiger charge is -2.20. The van der Waals surface area contributed by atoms with Crippen LogP contribution in [-0.4, -0.2) is 24.6 Å². The summed E-state index contributed by atoms with van der Waals surface area (Å²) in [5.41, 5.74) is 2.51. The van der Waals surface area contributed by atoms with Gasteiger partial charge in [-0.15, -0.1) is 0 Å². The number of anilines is 1. The number of hydrogen-bond acceptors (Lipinski definition) is 5.